The molecule has 3 heterocycles. The third-order valence-electron chi connectivity index (χ3n) is 4.25. The number of carbonyl (C=O) groups is 1. The van der Waals surface area contributed by atoms with Gasteiger partial charge in [-0.15, -0.1) is 16.4 Å². The first-order chi connectivity index (χ1) is 12.3. The number of amides is 1. The number of carbonyl (C=O) groups excluding carboxylic acids is 1. The summed E-state index contributed by atoms with van der Waals surface area (Å²) in [4.78, 5) is 24.8. The van der Waals surface area contributed by atoms with Gasteiger partial charge < -0.3 is 9.73 Å². The maximum atomic E-state index is 12.2. The average Bonchev–Trinajstić information content (AvgIpc) is 3.24. The molecule has 1 aliphatic heterocycles. The van der Waals surface area contributed by atoms with Crippen molar-refractivity contribution in [3.8, 4) is 10.8 Å². The molecule has 0 bridgehead atoms. The molecule has 9 nitrogen and oxygen atoms in total. The van der Waals surface area contributed by atoms with Gasteiger partial charge in [0.2, 0.25) is 15.9 Å². The summed E-state index contributed by atoms with van der Waals surface area (Å²) < 4.78 is 30.7. The summed E-state index contributed by atoms with van der Waals surface area (Å²) in [6.07, 6.45) is 2.16. The molecule has 1 N–H and O–H groups in total. The van der Waals surface area contributed by atoms with Gasteiger partial charge in [0.25, 0.3) is 5.89 Å². The molecule has 1 fully saturated rings. The van der Waals surface area contributed by atoms with Gasteiger partial charge in [0.15, 0.2) is 0 Å². The predicted molar refractivity (Wildman–Crippen MR) is 96.2 cm³/mol. The molecule has 0 aromatic carbocycles. The first-order valence-electron chi connectivity index (χ1n) is 8.19. The Morgan fingerprint density at radius 1 is 1.42 bits per heavy atom. The maximum absolute atomic E-state index is 12.2. The van der Waals surface area contributed by atoms with Crippen molar-refractivity contribution < 1.29 is 17.6 Å². The van der Waals surface area contributed by atoms with Crippen LogP contribution in [-0.4, -0.2) is 54.3 Å². The van der Waals surface area contributed by atoms with Crippen LogP contribution in [0.3, 0.4) is 0 Å². The molecule has 11 heteroatoms. The Labute approximate surface area is 154 Å². The van der Waals surface area contributed by atoms with E-state index < -0.39 is 15.8 Å². The number of piperidine rings is 1. The minimum Gasteiger partial charge on any atom is -0.387 e. The standard InChI is InChI=1S/C15H20N4O5S2/c1-26(22,23)18-7-4-11(5-8-18)13(20)16-6-9-19-15(21)24-14(17-19)12-3-2-10-25-12/h2-3,10-11H,4-9H2,1H3,(H,16,20). The Morgan fingerprint density at radius 2 is 2.15 bits per heavy atom. The van der Waals surface area contributed by atoms with Crippen molar-refractivity contribution in [1.29, 1.82) is 0 Å². The van der Waals surface area contributed by atoms with Crippen LogP contribution >= 0.6 is 11.3 Å². The highest BCUT2D eigenvalue weighted by atomic mass is 32.2. The van der Waals surface area contributed by atoms with Crippen molar-refractivity contribution in [1.82, 2.24) is 19.4 Å². The molecule has 0 aliphatic carbocycles. The number of nitrogens with one attached hydrogen (secondary N) is 1. The zero-order chi connectivity index (χ0) is 18.7. The second-order valence-corrected chi connectivity index (χ2v) is 9.03. The van der Waals surface area contributed by atoms with Crippen molar-refractivity contribution in [3.63, 3.8) is 0 Å². The molecule has 1 saturated heterocycles. The molecule has 1 aliphatic rings. The lowest BCUT2D eigenvalue weighted by atomic mass is 9.97. The lowest BCUT2D eigenvalue weighted by Crippen LogP contribution is -2.43. The van der Waals surface area contributed by atoms with Crippen molar-refractivity contribution in [2.45, 2.75) is 19.4 Å². The first kappa shape index (κ1) is 18.8. The van der Waals surface area contributed by atoms with Gasteiger partial charge in [-0.05, 0) is 24.3 Å². The van der Waals surface area contributed by atoms with E-state index in [1.54, 1.807) is 0 Å². The van der Waals surface area contributed by atoms with Gasteiger partial charge >= 0.3 is 5.76 Å². The summed E-state index contributed by atoms with van der Waals surface area (Å²) in [5.74, 6) is -0.648. The Balaban J connectivity index is 1.48. The number of hydrogen-bond acceptors (Lipinski definition) is 7. The van der Waals surface area contributed by atoms with Crippen molar-refractivity contribution in [3.05, 3.63) is 28.1 Å². The summed E-state index contributed by atoms with van der Waals surface area (Å²) in [5.41, 5.74) is 0. The monoisotopic (exact) mass is 400 g/mol. The van der Waals surface area contributed by atoms with Crippen LogP contribution < -0.4 is 11.1 Å². The van der Waals surface area contributed by atoms with Gasteiger partial charge in [0, 0.05) is 25.6 Å². The van der Waals surface area contributed by atoms with Crippen molar-refractivity contribution >= 4 is 27.3 Å². The minimum atomic E-state index is -3.20. The van der Waals surface area contributed by atoms with Crippen LogP contribution in [0.2, 0.25) is 0 Å². The molecule has 0 atom stereocenters. The maximum Gasteiger partial charge on any atom is 0.437 e. The summed E-state index contributed by atoms with van der Waals surface area (Å²) in [7, 11) is -3.20. The van der Waals surface area contributed by atoms with Crippen LogP contribution in [0.4, 0.5) is 0 Å². The second kappa shape index (κ2) is 7.72. The molecule has 26 heavy (non-hydrogen) atoms. The normalized spacial score (nSPS) is 16.7. The van der Waals surface area contributed by atoms with E-state index in [4.69, 9.17) is 4.42 Å². The highest BCUT2D eigenvalue weighted by Gasteiger charge is 2.28. The van der Waals surface area contributed by atoms with Gasteiger partial charge in [0.05, 0.1) is 17.7 Å². The highest BCUT2D eigenvalue weighted by Crippen LogP contribution is 2.21. The van der Waals surface area contributed by atoms with E-state index in [9.17, 15) is 18.0 Å². The summed E-state index contributed by atoms with van der Waals surface area (Å²) in [6, 6.07) is 3.65. The van der Waals surface area contributed by atoms with E-state index in [1.165, 1.54) is 26.6 Å². The number of thiophene rings is 1. The Morgan fingerprint density at radius 3 is 2.77 bits per heavy atom. The molecule has 0 radical (unpaired) electrons. The smallest absolute Gasteiger partial charge is 0.387 e. The van der Waals surface area contributed by atoms with Gasteiger partial charge in [-0.1, -0.05) is 6.07 Å². The number of nitrogens with zero attached hydrogens (tertiary/aromatic N) is 3. The number of rotatable bonds is 6. The summed E-state index contributed by atoms with van der Waals surface area (Å²) in [6.45, 7) is 1.16. The topological polar surface area (TPSA) is 115 Å². The lowest BCUT2D eigenvalue weighted by Gasteiger charge is -2.29. The number of aromatic nitrogens is 2. The van der Waals surface area contributed by atoms with Gasteiger partial charge in [-0.25, -0.2) is 17.5 Å². The van der Waals surface area contributed by atoms with Crippen LogP contribution in [0.25, 0.3) is 10.8 Å². The van der Waals surface area contributed by atoms with Gasteiger partial charge in [-0.2, -0.15) is 4.68 Å². The number of hydrogen-bond donors (Lipinski definition) is 1. The average molecular weight is 400 g/mol. The zero-order valence-corrected chi connectivity index (χ0v) is 15.9. The molecule has 142 valence electrons. The molecular formula is C15H20N4O5S2. The molecule has 0 saturated carbocycles. The van der Waals surface area contributed by atoms with Gasteiger partial charge in [0.1, 0.15) is 0 Å². The minimum absolute atomic E-state index is 0.131. The van der Waals surface area contributed by atoms with E-state index in [2.05, 4.69) is 10.4 Å². The molecule has 2 aromatic rings. The Bertz CT molecular complexity index is 908. The second-order valence-electron chi connectivity index (χ2n) is 6.10. The fraction of sp³-hybridized carbons (Fsp3) is 0.533. The predicted octanol–water partition coefficient (Wildman–Crippen LogP) is 0.353. The van der Waals surface area contributed by atoms with Crippen LogP contribution in [0.1, 0.15) is 12.8 Å². The van der Waals surface area contributed by atoms with Crippen molar-refractivity contribution in [2.24, 2.45) is 5.92 Å². The molecule has 1 amide bonds. The van der Waals surface area contributed by atoms with Crippen LogP contribution in [0.15, 0.2) is 26.7 Å². The first-order valence-corrected chi connectivity index (χ1v) is 10.9. The molecule has 0 unspecified atom stereocenters. The Hall–Kier alpha value is -1.98. The fourth-order valence-corrected chi connectivity index (χ4v) is 4.34. The SMILES string of the molecule is CS(=O)(=O)N1CCC(C(=O)NCCn2nc(-c3cccs3)oc2=O)CC1. The summed E-state index contributed by atoms with van der Waals surface area (Å²) >= 11 is 1.42. The molecule has 2 aromatic heterocycles. The third-order valence-corrected chi connectivity index (χ3v) is 6.42. The van der Waals surface area contributed by atoms with E-state index in [-0.39, 0.29) is 30.8 Å². The van der Waals surface area contributed by atoms with E-state index in [0.29, 0.717) is 25.9 Å². The fourth-order valence-electron chi connectivity index (χ4n) is 2.83. The van der Waals surface area contributed by atoms with E-state index >= 15 is 0 Å². The van der Waals surface area contributed by atoms with Crippen LogP contribution in [0, 0.1) is 5.92 Å². The van der Waals surface area contributed by atoms with E-state index in [1.807, 2.05) is 17.5 Å². The summed E-state index contributed by atoms with van der Waals surface area (Å²) in [5, 5.41) is 8.77. The molecule has 3 rings (SSSR count). The highest BCUT2D eigenvalue weighted by molar-refractivity contribution is 7.88. The number of sulfonamides is 1. The zero-order valence-electron chi connectivity index (χ0n) is 14.3. The lowest BCUT2D eigenvalue weighted by molar-refractivity contribution is -0.126. The quantitative estimate of drug-likeness (QED) is 0.748. The largest absolute Gasteiger partial charge is 0.437 e. The third kappa shape index (κ3) is 4.40. The van der Waals surface area contributed by atoms with Crippen molar-refractivity contribution in [2.75, 3.05) is 25.9 Å². The molecule has 0 spiro atoms. The van der Waals surface area contributed by atoms with E-state index in [0.717, 1.165) is 4.88 Å². The van der Waals surface area contributed by atoms with Crippen LogP contribution in [-0.2, 0) is 21.4 Å². The molecular weight excluding hydrogens is 380 g/mol. The van der Waals surface area contributed by atoms with Crippen LogP contribution in [0.5, 0.6) is 0 Å². The Kier molecular flexibility index (Phi) is 5.58. The van der Waals surface area contributed by atoms with Gasteiger partial charge in [-0.3, -0.25) is 4.79 Å².